The predicted octanol–water partition coefficient (Wildman–Crippen LogP) is 2.45. The largest absolute Gasteiger partial charge is 0.465 e. The molecule has 0 amide bonds. The van der Waals surface area contributed by atoms with Crippen LogP contribution >= 0.6 is 0 Å². The van der Waals surface area contributed by atoms with Gasteiger partial charge in [-0.2, -0.15) is 0 Å². The van der Waals surface area contributed by atoms with Crippen LogP contribution in [0.15, 0.2) is 0 Å². The van der Waals surface area contributed by atoms with Crippen molar-refractivity contribution in [2.45, 2.75) is 84.3 Å². The normalized spacial score (nSPS) is 12.9. The maximum Gasteiger partial charge on any atom is 0.307 e. The monoisotopic (exact) mass is 660 g/mol. The molecule has 0 aliphatic heterocycles. The Morgan fingerprint density at radius 2 is 0.957 bits per heavy atom. The van der Waals surface area contributed by atoms with E-state index in [1.807, 2.05) is 42.0 Å². The first kappa shape index (κ1) is 43.7. The van der Waals surface area contributed by atoms with Crippen molar-refractivity contribution in [1.29, 1.82) is 0 Å². The minimum Gasteiger partial charge on any atom is -0.465 e. The fourth-order valence-electron chi connectivity index (χ4n) is 4.32. The van der Waals surface area contributed by atoms with Gasteiger partial charge in [0.25, 0.3) is 0 Å². The lowest BCUT2D eigenvalue weighted by Gasteiger charge is -2.23. The SMILES string of the molecule is CCC(C)OC(=O)CCN(CCCN(C)C)CCC(=O)OCCC(C)OC(=O)CCN(CCCN(C)C)CCC(=O)OCCOC. The molecule has 0 spiro atoms. The molecule has 0 saturated carbocycles. The number of hydrogen-bond donors (Lipinski definition) is 0. The number of rotatable bonds is 29. The van der Waals surface area contributed by atoms with E-state index in [2.05, 4.69) is 19.6 Å². The molecule has 0 aromatic carbocycles. The summed E-state index contributed by atoms with van der Waals surface area (Å²) >= 11 is 0. The highest BCUT2D eigenvalue weighted by Crippen LogP contribution is 2.06. The molecule has 0 saturated heterocycles. The van der Waals surface area contributed by atoms with Crippen LogP contribution in [-0.2, 0) is 42.9 Å². The van der Waals surface area contributed by atoms with Crippen LogP contribution in [0.5, 0.6) is 0 Å². The zero-order valence-electron chi connectivity index (χ0n) is 30.1. The van der Waals surface area contributed by atoms with Gasteiger partial charge in [0.15, 0.2) is 0 Å². The van der Waals surface area contributed by atoms with Gasteiger partial charge in [-0.25, -0.2) is 0 Å². The molecular formula is C33H64N4O9. The van der Waals surface area contributed by atoms with Crippen molar-refractivity contribution in [3.05, 3.63) is 0 Å². The van der Waals surface area contributed by atoms with Crippen LogP contribution in [0.1, 0.15) is 72.1 Å². The molecule has 0 aromatic rings. The van der Waals surface area contributed by atoms with Crippen molar-refractivity contribution in [3.8, 4) is 0 Å². The Hall–Kier alpha value is -2.32. The predicted molar refractivity (Wildman–Crippen MR) is 177 cm³/mol. The van der Waals surface area contributed by atoms with Gasteiger partial charge in [0, 0.05) is 39.7 Å². The van der Waals surface area contributed by atoms with Crippen LogP contribution in [0, 0.1) is 0 Å². The number of carbonyl (C=O) groups excluding carboxylic acids is 4. The molecule has 2 atom stereocenters. The molecule has 0 aliphatic carbocycles. The zero-order valence-corrected chi connectivity index (χ0v) is 30.1. The average Bonchev–Trinajstić information content (AvgIpc) is 2.98. The summed E-state index contributed by atoms with van der Waals surface area (Å²) in [5, 5.41) is 0. The van der Waals surface area contributed by atoms with Gasteiger partial charge < -0.3 is 43.3 Å². The highest BCUT2D eigenvalue weighted by atomic mass is 16.6. The smallest absolute Gasteiger partial charge is 0.307 e. The Bertz CT molecular complexity index is 829. The standard InChI is InChI=1S/C33H64N4O9/c1-9-28(2)45-32(40)14-23-36(19-10-17-34(4)5)21-12-30(38)43-25-16-29(3)46-33(41)15-24-37(20-11-18-35(6)7)22-13-31(39)44-27-26-42-8/h28-29H,9-27H2,1-8H3. The van der Waals surface area contributed by atoms with E-state index in [0.717, 1.165) is 45.4 Å². The van der Waals surface area contributed by atoms with E-state index in [0.29, 0.717) is 39.2 Å². The number of carbonyl (C=O) groups is 4. The third kappa shape index (κ3) is 26.9. The van der Waals surface area contributed by atoms with Gasteiger partial charge >= 0.3 is 23.9 Å². The second kappa shape index (κ2) is 27.8. The van der Waals surface area contributed by atoms with Gasteiger partial charge in [0.1, 0.15) is 12.7 Å². The van der Waals surface area contributed by atoms with Crippen LogP contribution in [0.25, 0.3) is 0 Å². The Morgan fingerprint density at radius 3 is 1.37 bits per heavy atom. The number of esters is 4. The molecule has 0 radical (unpaired) electrons. The molecule has 0 bridgehead atoms. The molecule has 0 rings (SSSR count). The number of nitrogens with zero attached hydrogens (tertiary/aromatic N) is 4. The van der Waals surface area contributed by atoms with E-state index >= 15 is 0 Å². The minimum absolute atomic E-state index is 0.104. The molecule has 0 fully saturated rings. The lowest BCUT2D eigenvalue weighted by molar-refractivity contribution is -0.151. The summed E-state index contributed by atoms with van der Waals surface area (Å²) in [4.78, 5) is 57.5. The van der Waals surface area contributed by atoms with Crippen molar-refractivity contribution in [2.24, 2.45) is 0 Å². The summed E-state index contributed by atoms with van der Waals surface area (Å²) in [6.45, 7) is 11.7. The summed E-state index contributed by atoms with van der Waals surface area (Å²) < 4.78 is 26.4. The first-order valence-corrected chi connectivity index (χ1v) is 16.8. The second-order valence-electron chi connectivity index (χ2n) is 12.2. The Balaban J connectivity index is 4.54. The lowest BCUT2D eigenvalue weighted by atomic mass is 10.2. The quantitative estimate of drug-likeness (QED) is 0.0663. The second-order valence-corrected chi connectivity index (χ2v) is 12.2. The minimum atomic E-state index is -0.405. The molecule has 0 aromatic heterocycles. The zero-order chi connectivity index (χ0) is 34.7. The first-order valence-electron chi connectivity index (χ1n) is 16.8. The molecule has 13 nitrogen and oxygen atoms in total. The van der Waals surface area contributed by atoms with Crippen molar-refractivity contribution in [1.82, 2.24) is 19.6 Å². The van der Waals surface area contributed by atoms with E-state index in [1.54, 1.807) is 14.0 Å². The van der Waals surface area contributed by atoms with E-state index < -0.39 is 6.10 Å². The third-order valence-corrected chi connectivity index (χ3v) is 7.27. The maximum absolute atomic E-state index is 12.5. The molecule has 0 heterocycles. The summed E-state index contributed by atoms with van der Waals surface area (Å²) in [6, 6.07) is 0. The van der Waals surface area contributed by atoms with Crippen LogP contribution in [0.4, 0.5) is 0 Å². The van der Waals surface area contributed by atoms with Gasteiger partial charge in [-0.05, 0) is 87.5 Å². The van der Waals surface area contributed by atoms with Gasteiger partial charge in [0.05, 0.1) is 45.0 Å². The fourth-order valence-corrected chi connectivity index (χ4v) is 4.32. The van der Waals surface area contributed by atoms with Gasteiger partial charge in [-0.3, -0.25) is 19.2 Å². The van der Waals surface area contributed by atoms with Crippen molar-refractivity contribution in [3.63, 3.8) is 0 Å². The van der Waals surface area contributed by atoms with Gasteiger partial charge in [-0.1, -0.05) is 6.92 Å². The Morgan fingerprint density at radius 1 is 0.543 bits per heavy atom. The van der Waals surface area contributed by atoms with E-state index in [-0.39, 0.29) is 68.9 Å². The summed E-state index contributed by atoms with van der Waals surface area (Å²) in [6.07, 6.45) is 3.39. The third-order valence-electron chi connectivity index (χ3n) is 7.27. The molecule has 2 unspecified atom stereocenters. The first-order chi connectivity index (χ1) is 21.9. The maximum atomic E-state index is 12.5. The molecule has 0 aliphatic rings. The lowest BCUT2D eigenvalue weighted by Crippen LogP contribution is -2.33. The number of hydrogen-bond acceptors (Lipinski definition) is 13. The number of ether oxygens (including phenoxy) is 5. The molecule has 13 heteroatoms. The van der Waals surface area contributed by atoms with Crippen LogP contribution < -0.4 is 0 Å². The van der Waals surface area contributed by atoms with Crippen LogP contribution in [0.3, 0.4) is 0 Å². The average molecular weight is 661 g/mol. The van der Waals surface area contributed by atoms with Gasteiger partial charge in [0.2, 0.25) is 0 Å². The number of methoxy groups -OCH3 is 1. The fraction of sp³-hybridized carbons (Fsp3) is 0.879. The van der Waals surface area contributed by atoms with E-state index in [4.69, 9.17) is 23.7 Å². The summed E-state index contributed by atoms with van der Waals surface area (Å²) in [5.41, 5.74) is 0. The molecule has 270 valence electrons. The Labute approximate surface area is 278 Å². The van der Waals surface area contributed by atoms with E-state index in [1.165, 1.54) is 0 Å². The summed E-state index contributed by atoms with van der Waals surface area (Å²) in [7, 11) is 9.59. The highest BCUT2D eigenvalue weighted by molar-refractivity contribution is 5.71. The Kier molecular flexibility index (Phi) is 26.4. The van der Waals surface area contributed by atoms with Gasteiger partial charge in [-0.15, -0.1) is 0 Å². The highest BCUT2D eigenvalue weighted by Gasteiger charge is 2.17. The molecular weight excluding hydrogens is 596 g/mol. The van der Waals surface area contributed by atoms with E-state index in [9.17, 15) is 19.2 Å². The van der Waals surface area contributed by atoms with Crippen molar-refractivity contribution < 1.29 is 42.9 Å². The molecule has 0 N–H and O–H groups in total. The summed E-state index contributed by atoms with van der Waals surface area (Å²) in [5.74, 6) is -1.18. The molecule has 46 heavy (non-hydrogen) atoms. The van der Waals surface area contributed by atoms with Crippen molar-refractivity contribution >= 4 is 23.9 Å². The van der Waals surface area contributed by atoms with Crippen LogP contribution in [0.2, 0.25) is 0 Å². The van der Waals surface area contributed by atoms with Crippen LogP contribution in [-0.4, -0.2) is 163 Å². The topological polar surface area (TPSA) is 127 Å². The van der Waals surface area contributed by atoms with Crippen molar-refractivity contribution in [2.75, 3.05) is 107 Å².